The van der Waals surface area contributed by atoms with Gasteiger partial charge >= 0.3 is 5.97 Å². The van der Waals surface area contributed by atoms with Crippen LogP contribution < -0.4 is 5.73 Å². The lowest BCUT2D eigenvalue weighted by Gasteiger charge is -2.07. The van der Waals surface area contributed by atoms with Crippen molar-refractivity contribution in [2.24, 2.45) is 5.73 Å². The molecule has 1 rings (SSSR count). The number of aliphatic hydroxyl groups is 1. The Balaban J connectivity index is 2.68. The normalized spacial score (nSPS) is 37.5. The molecule has 0 spiro atoms. The molecule has 0 aromatic rings. The first-order valence-corrected chi connectivity index (χ1v) is 2.31. The maximum Gasteiger partial charge on any atom is 0.353 e. The van der Waals surface area contributed by atoms with Crippen molar-refractivity contribution in [3.63, 3.8) is 0 Å². The van der Waals surface area contributed by atoms with Gasteiger partial charge in [-0.05, 0) is 0 Å². The van der Waals surface area contributed by atoms with Crippen LogP contribution in [0.2, 0.25) is 0 Å². The molecule has 0 amide bonds. The molecule has 1 aliphatic heterocycles. The van der Waals surface area contributed by atoms with Gasteiger partial charge in [0.2, 0.25) is 5.72 Å². The van der Waals surface area contributed by atoms with Crippen LogP contribution in [0.4, 0.5) is 0 Å². The molecule has 1 heterocycles. The molecule has 0 saturated carbocycles. The maximum absolute atomic E-state index is 10.3. The molecular formula is C4H7NO3. The van der Waals surface area contributed by atoms with Gasteiger partial charge in [0.1, 0.15) is 0 Å². The average Bonchev–Trinajstić information content (AvgIpc) is 1.86. The van der Waals surface area contributed by atoms with Crippen molar-refractivity contribution in [3.8, 4) is 0 Å². The minimum atomic E-state index is -1.71. The lowest BCUT2D eigenvalue weighted by Crippen LogP contribution is -2.43. The van der Waals surface area contributed by atoms with Crippen molar-refractivity contribution in [2.75, 3.05) is 6.61 Å². The van der Waals surface area contributed by atoms with Crippen LogP contribution in [0.25, 0.3) is 0 Å². The Labute approximate surface area is 46.2 Å². The van der Waals surface area contributed by atoms with E-state index in [1.165, 1.54) is 0 Å². The first-order valence-electron chi connectivity index (χ1n) is 2.31. The summed E-state index contributed by atoms with van der Waals surface area (Å²) in [5.41, 5.74) is 3.29. The van der Waals surface area contributed by atoms with E-state index in [0.29, 0.717) is 0 Å². The maximum atomic E-state index is 10.3. The van der Waals surface area contributed by atoms with Crippen LogP contribution in [0.5, 0.6) is 0 Å². The van der Waals surface area contributed by atoms with Crippen LogP contribution in [0, 0.1) is 0 Å². The second-order valence-electron chi connectivity index (χ2n) is 1.81. The molecule has 1 fully saturated rings. The molecule has 0 bridgehead atoms. The van der Waals surface area contributed by atoms with Gasteiger partial charge in [0.15, 0.2) is 0 Å². The monoisotopic (exact) mass is 117 g/mol. The van der Waals surface area contributed by atoms with Crippen molar-refractivity contribution >= 4 is 5.97 Å². The molecule has 46 valence electrons. The van der Waals surface area contributed by atoms with Gasteiger partial charge in [-0.25, -0.2) is 4.79 Å². The molecule has 0 aliphatic carbocycles. The number of carbonyl (C=O) groups is 1. The molecular weight excluding hydrogens is 110 g/mol. The molecule has 1 atom stereocenters. The topological polar surface area (TPSA) is 72.6 Å². The van der Waals surface area contributed by atoms with Gasteiger partial charge in [-0.3, -0.25) is 5.73 Å². The molecule has 4 nitrogen and oxygen atoms in total. The fraction of sp³-hybridized carbons (Fsp3) is 0.750. The summed E-state index contributed by atoms with van der Waals surface area (Å²) in [5.74, 6) is -0.725. The van der Waals surface area contributed by atoms with Crippen molar-refractivity contribution in [1.29, 1.82) is 0 Å². The van der Waals surface area contributed by atoms with Crippen molar-refractivity contribution in [1.82, 2.24) is 0 Å². The van der Waals surface area contributed by atoms with Crippen LogP contribution in [0.15, 0.2) is 0 Å². The first-order chi connectivity index (χ1) is 3.63. The molecule has 1 saturated heterocycles. The van der Waals surface area contributed by atoms with E-state index in [1.54, 1.807) is 0 Å². The minimum absolute atomic E-state index is 0.200. The number of ether oxygens (including phenoxy) is 1. The largest absolute Gasteiger partial charge is 0.462 e. The second-order valence-corrected chi connectivity index (χ2v) is 1.81. The van der Waals surface area contributed by atoms with Crippen molar-refractivity contribution in [3.05, 3.63) is 0 Å². The van der Waals surface area contributed by atoms with E-state index >= 15 is 0 Å². The summed E-state index contributed by atoms with van der Waals surface area (Å²) >= 11 is 0. The highest BCUT2D eigenvalue weighted by atomic mass is 16.6. The number of hydrogen-bond donors (Lipinski definition) is 2. The Morgan fingerprint density at radius 1 is 1.88 bits per heavy atom. The van der Waals surface area contributed by atoms with E-state index < -0.39 is 11.7 Å². The number of hydrogen-bond acceptors (Lipinski definition) is 4. The third-order valence-electron chi connectivity index (χ3n) is 1.07. The van der Waals surface area contributed by atoms with Crippen LogP contribution in [0.1, 0.15) is 6.42 Å². The fourth-order valence-corrected chi connectivity index (χ4v) is 0.526. The zero-order chi connectivity index (χ0) is 6.20. The Kier molecular flexibility index (Phi) is 0.988. The molecule has 0 aromatic carbocycles. The summed E-state index contributed by atoms with van der Waals surface area (Å²) in [7, 11) is 0. The predicted molar refractivity (Wildman–Crippen MR) is 24.7 cm³/mol. The predicted octanol–water partition coefficient (Wildman–Crippen LogP) is -1.42. The summed E-state index contributed by atoms with van der Waals surface area (Å²) in [6.45, 7) is 0.228. The number of rotatable bonds is 0. The summed E-state index contributed by atoms with van der Waals surface area (Å²) in [6, 6.07) is 0. The van der Waals surface area contributed by atoms with Gasteiger partial charge in [-0.15, -0.1) is 0 Å². The lowest BCUT2D eigenvalue weighted by atomic mass is 10.2. The molecule has 0 unspecified atom stereocenters. The highest BCUT2D eigenvalue weighted by Gasteiger charge is 2.38. The highest BCUT2D eigenvalue weighted by Crippen LogP contribution is 2.12. The van der Waals surface area contributed by atoms with Gasteiger partial charge in [0.25, 0.3) is 0 Å². The van der Waals surface area contributed by atoms with Gasteiger partial charge in [0, 0.05) is 6.42 Å². The molecule has 4 heteroatoms. The summed E-state index contributed by atoms with van der Waals surface area (Å²) in [4.78, 5) is 10.3. The summed E-state index contributed by atoms with van der Waals surface area (Å²) in [6.07, 6.45) is 0.200. The molecule has 8 heavy (non-hydrogen) atoms. The second kappa shape index (κ2) is 1.43. The van der Waals surface area contributed by atoms with E-state index in [1.807, 2.05) is 0 Å². The van der Waals surface area contributed by atoms with Gasteiger partial charge in [0.05, 0.1) is 6.61 Å². The summed E-state index contributed by atoms with van der Waals surface area (Å²) in [5, 5.41) is 8.77. The Bertz CT molecular complexity index is 120. The van der Waals surface area contributed by atoms with Gasteiger partial charge < -0.3 is 9.84 Å². The average molecular weight is 117 g/mol. The van der Waals surface area contributed by atoms with Crippen LogP contribution in [-0.4, -0.2) is 23.4 Å². The number of carbonyl (C=O) groups excluding carboxylic acids is 1. The summed E-state index contributed by atoms with van der Waals surface area (Å²) < 4.78 is 4.35. The van der Waals surface area contributed by atoms with Gasteiger partial charge in [-0.1, -0.05) is 0 Å². The number of cyclic esters (lactones) is 1. The van der Waals surface area contributed by atoms with E-state index in [9.17, 15) is 4.79 Å². The fourth-order valence-electron chi connectivity index (χ4n) is 0.526. The highest BCUT2D eigenvalue weighted by molar-refractivity contribution is 5.80. The molecule has 1 aliphatic rings. The van der Waals surface area contributed by atoms with Crippen LogP contribution in [0.3, 0.4) is 0 Å². The number of nitrogens with two attached hydrogens (primary N) is 1. The third kappa shape index (κ3) is 0.677. The Morgan fingerprint density at radius 2 is 2.50 bits per heavy atom. The SMILES string of the molecule is N[C@]1(O)CCOC1=O. The van der Waals surface area contributed by atoms with Crippen molar-refractivity contribution < 1.29 is 14.6 Å². The van der Waals surface area contributed by atoms with E-state index in [-0.39, 0.29) is 13.0 Å². The lowest BCUT2D eigenvalue weighted by molar-refractivity contribution is -0.152. The van der Waals surface area contributed by atoms with Crippen molar-refractivity contribution in [2.45, 2.75) is 12.1 Å². The Hall–Kier alpha value is -0.610. The van der Waals surface area contributed by atoms with Crippen LogP contribution in [-0.2, 0) is 9.53 Å². The molecule has 0 radical (unpaired) electrons. The number of esters is 1. The molecule has 3 N–H and O–H groups in total. The standard InChI is InChI=1S/C4H7NO3/c5-4(7)1-2-8-3(4)6/h7H,1-2,5H2/t4-/m0/s1. The van der Waals surface area contributed by atoms with E-state index in [2.05, 4.69) is 4.74 Å². The van der Waals surface area contributed by atoms with E-state index in [0.717, 1.165) is 0 Å². The third-order valence-corrected chi connectivity index (χ3v) is 1.07. The Morgan fingerprint density at radius 3 is 2.62 bits per heavy atom. The smallest absolute Gasteiger partial charge is 0.353 e. The van der Waals surface area contributed by atoms with Gasteiger partial charge in [-0.2, -0.15) is 0 Å². The quantitative estimate of drug-likeness (QED) is 0.301. The molecule has 0 aromatic heterocycles. The van der Waals surface area contributed by atoms with Crippen LogP contribution >= 0.6 is 0 Å². The first kappa shape index (κ1) is 5.53. The minimum Gasteiger partial charge on any atom is -0.462 e. The van der Waals surface area contributed by atoms with E-state index in [4.69, 9.17) is 10.8 Å². The zero-order valence-corrected chi connectivity index (χ0v) is 4.26. The zero-order valence-electron chi connectivity index (χ0n) is 4.26.